The number of ether oxygens (including phenoxy) is 1. The Morgan fingerprint density at radius 3 is 2.68 bits per heavy atom. The second kappa shape index (κ2) is 8.96. The second-order valence-electron chi connectivity index (χ2n) is 7.67. The molecule has 0 saturated heterocycles. The Morgan fingerprint density at radius 2 is 1.96 bits per heavy atom. The van der Waals surface area contributed by atoms with E-state index in [0.717, 1.165) is 28.8 Å². The Hall–Kier alpha value is -2.75. The number of benzene rings is 2. The van der Waals surface area contributed by atoms with E-state index in [1.165, 1.54) is 10.9 Å². The number of carbonyl (C=O) groups is 1. The Kier molecular flexibility index (Phi) is 6.40. The van der Waals surface area contributed by atoms with Gasteiger partial charge in [0, 0.05) is 36.0 Å². The number of rotatable bonds is 8. The normalized spacial score (nSPS) is 12.3. The van der Waals surface area contributed by atoms with Gasteiger partial charge in [0.25, 0.3) is 0 Å². The van der Waals surface area contributed by atoms with Crippen molar-refractivity contribution < 1.29 is 9.53 Å². The number of para-hydroxylation sites is 1. The minimum atomic E-state index is -0.0388. The fraction of sp³-hybridized carbons (Fsp3) is 0.375. The number of hydrogen-bond acceptors (Lipinski definition) is 2. The summed E-state index contributed by atoms with van der Waals surface area (Å²) in [6.45, 7) is 7.06. The molecule has 0 bridgehead atoms. The lowest BCUT2D eigenvalue weighted by atomic mass is 9.87. The fourth-order valence-electron chi connectivity index (χ4n) is 3.66. The standard InChI is InChI=1S/C24H30N2O2/c1-5-17-8-7-11-20-22(15-26-24(17)20)21(13-23(27)25-14-16(2)3)18-9-6-10-19(12-18)28-4/h6-12,15-16,21,26H,5,13-14H2,1-4H3,(H,25,27)/t21-/m1/s1. The van der Waals surface area contributed by atoms with E-state index in [4.69, 9.17) is 4.74 Å². The van der Waals surface area contributed by atoms with Crippen LogP contribution in [-0.4, -0.2) is 24.5 Å². The molecule has 28 heavy (non-hydrogen) atoms. The van der Waals surface area contributed by atoms with Gasteiger partial charge in [0.2, 0.25) is 5.91 Å². The Bertz CT molecular complexity index is 943. The number of hydrogen-bond donors (Lipinski definition) is 2. The molecule has 1 atom stereocenters. The first kappa shape index (κ1) is 20.0. The molecule has 0 unspecified atom stereocenters. The zero-order valence-electron chi connectivity index (χ0n) is 17.2. The number of aromatic amines is 1. The molecule has 0 spiro atoms. The summed E-state index contributed by atoms with van der Waals surface area (Å²) in [7, 11) is 1.67. The molecule has 0 saturated carbocycles. The molecule has 1 heterocycles. The van der Waals surface area contributed by atoms with Crippen LogP contribution in [0.3, 0.4) is 0 Å². The number of H-pyrrole nitrogens is 1. The summed E-state index contributed by atoms with van der Waals surface area (Å²) in [6.07, 6.45) is 3.43. The predicted octanol–water partition coefficient (Wildman–Crippen LogP) is 5.03. The van der Waals surface area contributed by atoms with Crippen LogP contribution in [0.1, 0.15) is 49.8 Å². The zero-order chi connectivity index (χ0) is 20.1. The van der Waals surface area contributed by atoms with Crippen molar-refractivity contribution in [3.63, 3.8) is 0 Å². The topological polar surface area (TPSA) is 54.1 Å². The summed E-state index contributed by atoms with van der Waals surface area (Å²) in [6, 6.07) is 14.4. The number of carbonyl (C=O) groups excluding carboxylic acids is 1. The van der Waals surface area contributed by atoms with Gasteiger partial charge in [-0.15, -0.1) is 0 Å². The van der Waals surface area contributed by atoms with E-state index in [9.17, 15) is 4.79 Å². The summed E-state index contributed by atoms with van der Waals surface area (Å²) in [5, 5.41) is 4.25. The molecule has 1 amide bonds. The number of amides is 1. The molecule has 4 nitrogen and oxygen atoms in total. The molecule has 2 N–H and O–H groups in total. The summed E-state index contributed by atoms with van der Waals surface area (Å²) < 4.78 is 5.42. The van der Waals surface area contributed by atoms with Gasteiger partial charge in [-0.05, 0) is 41.2 Å². The smallest absolute Gasteiger partial charge is 0.220 e. The molecular formula is C24H30N2O2. The fourth-order valence-corrected chi connectivity index (χ4v) is 3.66. The van der Waals surface area contributed by atoms with Crippen LogP contribution >= 0.6 is 0 Å². The minimum absolute atomic E-state index is 0.0388. The maximum atomic E-state index is 12.7. The number of fused-ring (bicyclic) bond motifs is 1. The zero-order valence-corrected chi connectivity index (χ0v) is 17.2. The van der Waals surface area contributed by atoms with Gasteiger partial charge in [0.15, 0.2) is 0 Å². The van der Waals surface area contributed by atoms with Crippen molar-refractivity contribution in [2.75, 3.05) is 13.7 Å². The Morgan fingerprint density at radius 1 is 1.18 bits per heavy atom. The van der Waals surface area contributed by atoms with E-state index in [-0.39, 0.29) is 11.8 Å². The highest BCUT2D eigenvalue weighted by Gasteiger charge is 2.22. The third kappa shape index (κ3) is 4.38. The molecule has 0 radical (unpaired) electrons. The minimum Gasteiger partial charge on any atom is -0.497 e. The van der Waals surface area contributed by atoms with Gasteiger partial charge in [-0.1, -0.05) is 51.1 Å². The van der Waals surface area contributed by atoms with Crippen LogP contribution < -0.4 is 10.1 Å². The SMILES string of the molecule is CCc1cccc2c([C@H](CC(=O)NCC(C)C)c3cccc(OC)c3)c[nH]c12. The Balaban J connectivity index is 2.02. The molecule has 1 aromatic heterocycles. The molecule has 0 fully saturated rings. The van der Waals surface area contributed by atoms with Crippen LogP contribution in [0.15, 0.2) is 48.7 Å². The van der Waals surface area contributed by atoms with Crippen LogP contribution in [-0.2, 0) is 11.2 Å². The lowest BCUT2D eigenvalue weighted by Crippen LogP contribution is -2.28. The van der Waals surface area contributed by atoms with Gasteiger partial charge in [0.1, 0.15) is 5.75 Å². The van der Waals surface area contributed by atoms with Crippen molar-refractivity contribution in [1.82, 2.24) is 10.3 Å². The highest BCUT2D eigenvalue weighted by Crippen LogP contribution is 2.35. The summed E-state index contributed by atoms with van der Waals surface area (Å²) in [5.74, 6) is 1.27. The molecule has 0 aliphatic rings. The van der Waals surface area contributed by atoms with Crippen molar-refractivity contribution >= 4 is 16.8 Å². The van der Waals surface area contributed by atoms with Crippen LogP contribution in [0.5, 0.6) is 5.75 Å². The van der Waals surface area contributed by atoms with Crippen molar-refractivity contribution in [2.45, 2.75) is 39.5 Å². The van der Waals surface area contributed by atoms with Crippen LogP contribution in [0.25, 0.3) is 10.9 Å². The van der Waals surface area contributed by atoms with Crippen LogP contribution in [0.4, 0.5) is 0 Å². The van der Waals surface area contributed by atoms with Gasteiger partial charge < -0.3 is 15.0 Å². The van der Waals surface area contributed by atoms with E-state index in [2.05, 4.69) is 61.5 Å². The molecule has 3 aromatic rings. The third-order valence-corrected chi connectivity index (χ3v) is 5.18. The maximum Gasteiger partial charge on any atom is 0.220 e. The van der Waals surface area contributed by atoms with Crippen LogP contribution in [0, 0.1) is 5.92 Å². The molecule has 0 aliphatic carbocycles. The number of methoxy groups -OCH3 is 1. The van der Waals surface area contributed by atoms with Gasteiger partial charge in [0.05, 0.1) is 7.11 Å². The summed E-state index contributed by atoms with van der Waals surface area (Å²) >= 11 is 0. The lowest BCUT2D eigenvalue weighted by molar-refractivity contribution is -0.121. The predicted molar refractivity (Wildman–Crippen MR) is 115 cm³/mol. The van der Waals surface area contributed by atoms with Gasteiger partial charge in [-0.2, -0.15) is 0 Å². The molecular weight excluding hydrogens is 348 g/mol. The van der Waals surface area contributed by atoms with Gasteiger partial charge >= 0.3 is 0 Å². The second-order valence-corrected chi connectivity index (χ2v) is 7.67. The summed E-state index contributed by atoms with van der Waals surface area (Å²) in [4.78, 5) is 16.1. The van der Waals surface area contributed by atoms with E-state index in [1.54, 1.807) is 7.11 Å². The van der Waals surface area contributed by atoms with Crippen molar-refractivity contribution in [3.8, 4) is 5.75 Å². The Labute approximate surface area is 167 Å². The van der Waals surface area contributed by atoms with E-state index in [1.807, 2.05) is 18.2 Å². The summed E-state index contributed by atoms with van der Waals surface area (Å²) in [5.41, 5.74) is 4.69. The third-order valence-electron chi connectivity index (χ3n) is 5.18. The lowest BCUT2D eigenvalue weighted by Gasteiger charge is -2.18. The molecule has 3 rings (SSSR count). The van der Waals surface area contributed by atoms with E-state index < -0.39 is 0 Å². The first-order valence-corrected chi connectivity index (χ1v) is 10.0. The number of aryl methyl sites for hydroxylation is 1. The monoisotopic (exact) mass is 378 g/mol. The first-order valence-electron chi connectivity index (χ1n) is 10.0. The first-order chi connectivity index (χ1) is 13.5. The number of aromatic nitrogens is 1. The highest BCUT2D eigenvalue weighted by molar-refractivity contribution is 5.88. The van der Waals surface area contributed by atoms with Crippen molar-refractivity contribution in [3.05, 3.63) is 65.4 Å². The average Bonchev–Trinajstić information content (AvgIpc) is 3.14. The van der Waals surface area contributed by atoms with Crippen molar-refractivity contribution in [1.29, 1.82) is 0 Å². The van der Waals surface area contributed by atoms with Crippen molar-refractivity contribution in [2.24, 2.45) is 5.92 Å². The van der Waals surface area contributed by atoms with Gasteiger partial charge in [-0.25, -0.2) is 0 Å². The molecule has 0 aliphatic heterocycles. The maximum absolute atomic E-state index is 12.7. The average molecular weight is 379 g/mol. The molecule has 4 heteroatoms. The van der Waals surface area contributed by atoms with E-state index >= 15 is 0 Å². The van der Waals surface area contributed by atoms with Crippen LogP contribution in [0.2, 0.25) is 0 Å². The quantitative estimate of drug-likeness (QED) is 0.577. The largest absolute Gasteiger partial charge is 0.497 e. The molecule has 2 aromatic carbocycles. The van der Waals surface area contributed by atoms with E-state index in [0.29, 0.717) is 18.9 Å². The highest BCUT2D eigenvalue weighted by atomic mass is 16.5. The number of nitrogens with one attached hydrogen (secondary N) is 2. The molecule has 148 valence electrons. The van der Waals surface area contributed by atoms with Gasteiger partial charge in [-0.3, -0.25) is 4.79 Å².